The lowest BCUT2D eigenvalue weighted by molar-refractivity contribution is -0.144. The molecule has 29 heavy (non-hydrogen) atoms. The third kappa shape index (κ3) is 7.29. The van der Waals surface area contributed by atoms with Crippen molar-refractivity contribution in [3.05, 3.63) is 76.2 Å². The lowest BCUT2D eigenvalue weighted by Crippen LogP contribution is -2.33. The number of aryl methyl sites for hydroxylation is 2. The van der Waals surface area contributed by atoms with Crippen LogP contribution in [0.4, 0.5) is 0 Å². The smallest absolute Gasteiger partial charge is 0.321 e. The molecule has 0 bridgehead atoms. The van der Waals surface area contributed by atoms with Crippen LogP contribution in [0.2, 0.25) is 0 Å². The molecular formula is C22H25NO5S. The van der Waals surface area contributed by atoms with Crippen molar-refractivity contribution in [3.63, 3.8) is 0 Å². The molecule has 0 aliphatic carbocycles. The molecule has 0 saturated carbocycles. The second kappa shape index (κ2) is 10.1. The molecule has 0 aliphatic heterocycles. The van der Waals surface area contributed by atoms with Gasteiger partial charge in [-0.15, -0.1) is 0 Å². The number of Topliss-reactive ketones (excluding diaryl/α,β-unsaturated/α-hetero) is 1. The summed E-state index contributed by atoms with van der Waals surface area (Å²) in [6.07, 6.45) is 1.28. The van der Waals surface area contributed by atoms with E-state index in [1.54, 1.807) is 24.3 Å². The van der Waals surface area contributed by atoms with Gasteiger partial charge in [0.05, 0.1) is 0 Å². The minimum Gasteiger partial charge on any atom is -0.453 e. The van der Waals surface area contributed by atoms with E-state index in [9.17, 15) is 18.0 Å². The van der Waals surface area contributed by atoms with Gasteiger partial charge in [0, 0.05) is 11.0 Å². The van der Waals surface area contributed by atoms with Gasteiger partial charge in [0.2, 0.25) is 15.8 Å². The van der Waals surface area contributed by atoms with Crippen molar-refractivity contribution in [2.45, 2.75) is 33.3 Å². The molecule has 0 amide bonds. The molecule has 0 aromatic heterocycles. The van der Waals surface area contributed by atoms with Crippen molar-refractivity contribution < 1.29 is 22.7 Å². The fourth-order valence-electron chi connectivity index (χ4n) is 2.49. The van der Waals surface area contributed by atoms with E-state index in [1.807, 2.05) is 38.1 Å². The summed E-state index contributed by atoms with van der Waals surface area (Å²) in [4.78, 5) is 24.3. The molecule has 6 nitrogen and oxygen atoms in total. The molecule has 154 valence electrons. The zero-order chi connectivity index (χ0) is 21.4. The Bertz CT molecular complexity index is 977. The molecule has 0 fully saturated rings. The summed E-state index contributed by atoms with van der Waals surface area (Å²) in [5, 5.41) is 0.981. The van der Waals surface area contributed by atoms with E-state index in [-0.39, 0.29) is 5.78 Å². The average Bonchev–Trinajstić information content (AvgIpc) is 2.71. The summed E-state index contributed by atoms with van der Waals surface area (Å²) in [6, 6.07) is 14.4. The summed E-state index contributed by atoms with van der Waals surface area (Å²) >= 11 is 0. The fourth-order valence-corrected chi connectivity index (χ4v) is 3.24. The Morgan fingerprint density at radius 1 is 1.07 bits per heavy atom. The molecule has 7 heteroatoms. The number of sulfonamides is 1. The van der Waals surface area contributed by atoms with E-state index in [0.29, 0.717) is 5.56 Å². The highest BCUT2D eigenvalue weighted by Crippen LogP contribution is 2.10. The molecule has 2 aromatic carbocycles. The Balaban J connectivity index is 1.87. The number of ether oxygens (including phenoxy) is 1. The second-order valence-corrected chi connectivity index (χ2v) is 8.28. The number of benzene rings is 2. The zero-order valence-corrected chi connectivity index (χ0v) is 17.5. The molecule has 0 heterocycles. The molecule has 2 rings (SSSR count). The normalized spacial score (nSPS) is 12.7. The van der Waals surface area contributed by atoms with E-state index in [1.165, 1.54) is 13.0 Å². The van der Waals surface area contributed by atoms with E-state index >= 15 is 0 Å². The summed E-state index contributed by atoms with van der Waals surface area (Å²) in [6.45, 7) is 4.84. The first-order valence-corrected chi connectivity index (χ1v) is 10.8. The quantitative estimate of drug-likeness (QED) is 0.502. The van der Waals surface area contributed by atoms with Crippen LogP contribution in [0.25, 0.3) is 6.08 Å². The van der Waals surface area contributed by atoms with Gasteiger partial charge in [-0.3, -0.25) is 9.59 Å². The van der Waals surface area contributed by atoms with Crippen LogP contribution in [0, 0.1) is 6.92 Å². The van der Waals surface area contributed by atoms with Gasteiger partial charge in [0.1, 0.15) is 6.54 Å². The highest BCUT2D eigenvalue weighted by Gasteiger charge is 2.20. The van der Waals surface area contributed by atoms with Gasteiger partial charge in [-0.1, -0.05) is 61.0 Å². The fraction of sp³-hybridized carbons (Fsp3) is 0.273. The Hall–Kier alpha value is -2.77. The van der Waals surface area contributed by atoms with Gasteiger partial charge < -0.3 is 4.74 Å². The van der Waals surface area contributed by atoms with E-state index < -0.39 is 28.6 Å². The van der Waals surface area contributed by atoms with Gasteiger partial charge in [0.15, 0.2) is 6.10 Å². The van der Waals surface area contributed by atoms with E-state index in [4.69, 9.17) is 4.74 Å². The second-order valence-electron chi connectivity index (χ2n) is 6.63. The number of rotatable bonds is 9. The van der Waals surface area contributed by atoms with Gasteiger partial charge in [-0.2, -0.15) is 0 Å². The Morgan fingerprint density at radius 2 is 1.69 bits per heavy atom. The highest BCUT2D eigenvalue weighted by atomic mass is 32.2. The van der Waals surface area contributed by atoms with Crippen molar-refractivity contribution in [2.75, 3.05) is 6.54 Å². The number of nitrogens with one attached hydrogen (secondary N) is 1. The predicted octanol–water partition coefficient (Wildman–Crippen LogP) is 3.26. The molecule has 0 spiro atoms. The Labute approximate surface area is 171 Å². The van der Waals surface area contributed by atoms with Crippen LogP contribution in [-0.4, -0.2) is 32.8 Å². The summed E-state index contributed by atoms with van der Waals surface area (Å²) in [5.74, 6) is -1.17. The molecule has 0 aliphatic rings. The zero-order valence-electron chi connectivity index (χ0n) is 16.7. The Kier molecular flexibility index (Phi) is 7.87. The number of hydrogen-bond acceptors (Lipinski definition) is 5. The van der Waals surface area contributed by atoms with Gasteiger partial charge >= 0.3 is 5.97 Å². The standard InChI is InChI=1S/C22H25NO5S/c1-4-18-9-11-20(12-10-18)22(25)17(3)28-21(24)15-23-29(26,27)14-13-19-7-5-16(2)6-8-19/h5-14,17,23H,4,15H2,1-3H3/b14-13+/t17-/m1/s1. The molecule has 2 aromatic rings. The maximum absolute atomic E-state index is 12.3. The van der Waals surface area contributed by atoms with Crippen molar-refractivity contribution in [1.82, 2.24) is 4.72 Å². The number of carbonyl (C=O) groups excluding carboxylic acids is 2. The molecule has 1 atom stereocenters. The minimum atomic E-state index is -3.82. The molecule has 0 radical (unpaired) electrons. The lowest BCUT2D eigenvalue weighted by atomic mass is 10.0. The van der Waals surface area contributed by atoms with Crippen molar-refractivity contribution in [2.24, 2.45) is 0 Å². The maximum atomic E-state index is 12.3. The number of ketones is 1. The van der Waals surface area contributed by atoms with Crippen molar-refractivity contribution in [3.8, 4) is 0 Å². The monoisotopic (exact) mass is 415 g/mol. The van der Waals surface area contributed by atoms with Crippen LogP contribution >= 0.6 is 0 Å². The van der Waals surface area contributed by atoms with Crippen LogP contribution in [0.3, 0.4) is 0 Å². The van der Waals surface area contributed by atoms with Crippen LogP contribution in [0.15, 0.2) is 53.9 Å². The Morgan fingerprint density at radius 3 is 2.28 bits per heavy atom. The molecule has 0 saturated heterocycles. The average molecular weight is 416 g/mol. The van der Waals surface area contributed by atoms with Crippen LogP contribution < -0.4 is 4.72 Å². The van der Waals surface area contributed by atoms with Crippen molar-refractivity contribution >= 4 is 27.9 Å². The highest BCUT2D eigenvalue weighted by molar-refractivity contribution is 7.92. The molecule has 0 unspecified atom stereocenters. The SMILES string of the molecule is CCc1ccc(C(=O)[C@@H](C)OC(=O)CNS(=O)(=O)/C=C/c2ccc(C)cc2)cc1. The van der Waals surface area contributed by atoms with Crippen molar-refractivity contribution in [1.29, 1.82) is 0 Å². The van der Waals surface area contributed by atoms with Crippen LogP contribution in [0.1, 0.15) is 40.9 Å². The third-order valence-corrected chi connectivity index (χ3v) is 5.30. The minimum absolute atomic E-state index is 0.344. The maximum Gasteiger partial charge on any atom is 0.321 e. The van der Waals surface area contributed by atoms with Crippen LogP contribution in [-0.2, 0) is 26.0 Å². The number of hydrogen-bond donors (Lipinski definition) is 1. The van der Waals surface area contributed by atoms with Gasteiger partial charge in [0.25, 0.3) is 0 Å². The number of carbonyl (C=O) groups is 2. The first-order valence-electron chi connectivity index (χ1n) is 9.27. The van der Waals surface area contributed by atoms with Gasteiger partial charge in [-0.25, -0.2) is 13.1 Å². The number of esters is 1. The summed E-state index contributed by atoms with van der Waals surface area (Å²) in [5.41, 5.74) is 3.32. The predicted molar refractivity (Wildman–Crippen MR) is 113 cm³/mol. The van der Waals surface area contributed by atoms with E-state index in [0.717, 1.165) is 28.5 Å². The summed E-state index contributed by atoms with van der Waals surface area (Å²) < 4.78 is 31.2. The topological polar surface area (TPSA) is 89.5 Å². The summed E-state index contributed by atoms with van der Waals surface area (Å²) in [7, 11) is -3.82. The first-order chi connectivity index (χ1) is 13.7. The first kappa shape index (κ1) is 22.5. The lowest BCUT2D eigenvalue weighted by Gasteiger charge is -2.12. The molecule has 1 N–H and O–H groups in total. The molecular weight excluding hydrogens is 390 g/mol. The van der Waals surface area contributed by atoms with E-state index in [2.05, 4.69) is 4.72 Å². The third-order valence-electron chi connectivity index (χ3n) is 4.26. The largest absolute Gasteiger partial charge is 0.453 e. The van der Waals surface area contributed by atoms with Crippen LogP contribution in [0.5, 0.6) is 0 Å². The van der Waals surface area contributed by atoms with Gasteiger partial charge in [-0.05, 0) is 37.5 Å².